The van der Waals surface area contributed by atoms with E-state index >= 15 is 0 Å². The molecule has 2 N–H and O–H groups in total. The number of hydrogen-bond acceptors (Lipinski definition) is 8. The number of rotatable bonds is 6. The summed E-state index contributed by atoms with van der Waals surface area (Å²) in [6.45, 7) is -0.535. The number of halogens is 1. The smallest absolute Gasteiger partial charge is 0.339 e. The quantitative estimate of drug-likeness (QED) is 0.301. The number of nitrogens with zero attached hydrogens (tertiary/aromatic N) is 2. The third-order valence-corrected chi connectivity index (χ3v) is 4.48. The Bertz CT molecular complexity index is 1070. The molecule has 1 aliphatic heterocycles. The first-order valence-corrected chi connectivity index (χ1v) is 8.72. The highest BCUT2D eigenvalue weighted by Crippen LogP contribution is 2.35. The van der Waals surface area contributed by atoms with Crippen LogP contribution in [0.4, 0.5) is 17.1 Å². The summed E-state index contributed by atoms with van der Waals surface area (Å²) in [5.74, 6) is -2.52. The monoisotopic (exact) mass is 435 g/mol. The van der Waals surface area contributed by atoms with Gasteiger partial charge in [-0.3, -0.25) is 14.9 Å². The fourth-order valence-electron chi connectivity index (χ4n) is 2.84. The van der Waals surface area contributed by atoms with Gasteiger partial charge in [0.2, 0.25) is 5.91 Å². The molecule has 0 saturated heterocycles. The third-order valence-electron chi connectivity index (χ3n) is 4.17. The molecule has 1 heterocycles. The zero-order valence-electron chi connectivity index (χ0n) is 15.4. The highest BCUT2D eigenvalue weighted by atomic mass is 35.5. The maximum atomic E-state index is 12.5. The van der Waals surface area contributed by atoms with Crippen LogP contribution in [0.15, 0.2) is 30.3 Å². The van der Waals surface area contributed by atoms with Crippen LogP contribution in [0.25, 0.3) is 0 Å². The van der Waals surface area contributed by atoms with Gasteiger partial charge in [-0.15, -0.1) is 0 Å². The number of aromatic carboxylic acids is 1. The van der Waals surface area contributed by atoms with E-state index in [-0.39, 0.29) is 46.5 Å². The minimum atomic E-state index is -1.25. The summed E-state index contributed by atoms with van der Waals surface area (Å²) in [7, 11) is 1.27. The van der Waals surface area contributed by atoms with E-state index < -0.39 is 22.8 Å². The van der Waals surface area contributed by atoms with Crippen molar-refractivity contribution in [3.8, 4) is 11.5 Å². The van der Waals surface area contributed by atoms with Crippen LogP contribution in [-0.2, 0) is 9.59 Å². The topological polar surface area (TPSA) is 148 Å². The fraction of sp³-hybridized carbons (Fsp3) is 0.167. The summed E-state index contributed by atoms with van der Waals surface area (Å²) in [6.07, 6.45) is 0. The normalized spacial score (nSPS) is 12.6. The molecule has 2 aromatic rings. The van der Waals surface area contributed by atoms with Crippen LogP contribution in [-0.4, -0.2) is 48.1 Å². The lowest BCUT2D eigenvalue weighted by atomic mass is 10.1. The van der Waals surface area contributed by atoms with Crippen molar-refractivity contribution in [1.82, 2.24) is 0 Å². The Morgan fingerprint density at radius 1 is 1.37 bits per heavy atom. The molecule has 0 bridgehead atoms. The number of carboxylic acid groups (broad SMARTS) is 1. The van der Waals surface area contributed by atoms with Gasteiger partial charge in [0.05, 0.1) is 41.0 Å². The molecule has 0 radical (unpaired) electrons. The Kier molecular flexibility index (Phi) is 5.74. The number of nitrogens with one attached hydrogen (secondary N) is 1. The van der Waals surface area contributed by atoms with Crippen LogP contribution in [0.5, 0.6) is 11.5 Å². The number of carboxylic acids is 1. The molecular weight excluding hydrogens is 422 g/mol. The molecule has 30 heavy (non-hydrogen) atoms. The summed E-state index contributed by atoms with van der Waals surface area (Å²) >= 11 is 6.06. The van der Waals surface area contributed by atoms with E-state index in [2.05, 4.69) is 5.32 Å². The summed E-state index contributed by atoms with van der Waals surface area (Å²) in [5, 5.41) is 22.6. The van der Waals surface area contributed by atoms with E-state index in [4.69, 9.17) is 26.2 Å². The number of nitro groups is 1. The number of ether oxygens (including phenoxy) is 2. The summed E-state index contributed by atoms with van der Waals surface area (Å²) in [5.41, 5.74) is 0.0207. The van der Waals surface area contributed by atoms with Gasteiger partial charge in [0.25, 0.3) is 5.69 Å². The number of anilines is 2. The van der Waals surface area contributed by atoms with E-state index in [1.54, 1.807) is 0 Å². The first kappa shape index (κ1) is 20.9. The molecule has 0 fully saturated rings. The Balaban J connectivity index is 1.81. The molecule has 0 saturated carbocycles. The number of fused-ring (bicyclic) bond motifs is 1. The molecule has 11 nitrogen and oxygen atoms in total. The van der Waals surface area contributed by atoms with E-state index in [9.17, 15) is 24.5 Å². The largest absolute Gasteiger partial charge is 0.496 e. The average Bonchev–Trinajstić information content (AvgIpc) is 2.68. The lowest BCUT2D eigenvalue weighted by Crippen LogP contribution is -2.41. The molecule has 12 heteroatoms. The lowest BCUT2D eigenvalue weighted by Gasteiger charge is -2.29. The highest BCUT2D eigenvalue weighted by molar-refractivity contribution is 6.34. The Hall–Kier alpha value is -3.86. The van der Waals surface area contributed by atoms with Crippen LogP contribution in [0.1, 0.15) is 10.4 Å². The zero-order chi connectivity index (χ0) is 22.0. The molecule has 0 aliphatic carbocycles. The minimum absolute atomic E-state index is 0.00130. The number of carbonyl (C=O) groups is 3. The summed E-state index contributed by atoms with van der Waals surface area (Å²) in [4.78, 5) is 47.2. The highest BCUT2D eigenvalue weighted by Gasteiger charge is 2.28. The van der Waals surface area contributed by atoms with Gasteiger partial charge >= 0.3 is 11.9 Å². The molecule has 0 atom stereocenters. The molecule has 2 aromatic carbocycles. The molecule has 1 amide bonds. The van der Waals surface area contributed by atoms with Crippen molar-refractivity contribution in [3.63, 3.8) is 0 Å². The van der Waals surface area contributed by atoms with Gasteiger partial charge in [0.1, 0.15) is 17.9 Å². The SMILES string of the molecule is COc1cc(NC(=O)CN2CC(=O)Oc3cc([N+](=O)[O-])ccc32)c(Cl)cc1C(=O)O. The summed E-state index contributed by atoms with van der Waals surface area (Å²) < 4.78 is 10.0. The molecule has 0 spiro atoms. The number of esters is 1. The van der Waals surface area contributed by atoms with Crippen LogP contribution in [0, 0.1) is 10.1 Å². The average molecular weight is 436 g/mol. The van der Waals surface area contributed by atoms with Gasteiger partial charge in [-0.05, 0) is 12.1 Å². The first-order chi connectivity index (χ1) is 14.2. The van der Waals surface area contributed by atoms with Crippen LogP contribution >= 0.6 is 11.6 Å². The van der Waals surface area contributed by atoms with Crippen molar-refractivity contribution in [3.05, 3.63) is 51.0 Å². The molecular formula is C18H14ClN3O8. The van der Waals surface area contributed by atoms with Crippen molar-refractivity contribution in [1.29, 1.82) is 0 Å². The van der Waals surface area contributed by atoms with Gasteiger partial charge in [0, 0.05) is 12.1 Å². The first-order valence-electron chi connectivity index (χ1n) is 8.34. The van der Waals surface area contributed by atoms with Gasteiger partial charge in [-0.2, -0.15) is 0 Å². The Labute approximate surface area is 173 Å². The number of non-ortho nitro benzene ring substituents is 1. The number of methoxy groups -OCH3 is 1. The predicted octanol–water partition coefficient (Wildman–Crippen LogP) is 2.32. The minimum Gasteiger partial charge on any atom is -0.496 e. The second-order valence-corrected chi connectivity index (χ2v) is 6.53. The fourth-order valence-corrected chi connectivity index (χ4v) is 3.06. The van der Waals surface area contributed by atoms with Crippen LogP contribution in [0.3, 0.4) is 0 Å². The van der Waals surface area contributed by atoms with E-state index in [0.717, 1.165) is 12.1 Å². The van der Waals surface area contributed by atoms with Gasteiger partial charge in [0.15, 0.2) is 5.75 Å². The maximum Gasteiger partial charge on any atom is 0.339 e. The maximum absolute atomic E-state index is 12.5. The third kappa shape index (κ3) is 4.25. The van der Waals surface area contributed by atoms with Crippen molar-refractivity contribution in [2.45, 2.75) is 0 Å². The lowest BCUT2D eigenvalue weighted by molar-refractivity contribution is -0.384. The van der Waals surface area contributed by atoms with Crippen LogP contribution < -0.4 is 19.7 Å². The molecule has 3 rings (SSSR count). The Morgan fingerprint density at radius 2 is 2.10 bits per heavy atom. The van der Waals surface area contributed by atoms with Gasteiger partial charge in [-0.1, -0.05) is 11.6 Å². The summed E-state index contributed by atoms with van der Waals surface area (Å²) in [6, 6.07) is 6.13. The van der Waals surface area contributed by atoms with E-state index in [0.29, 0.717) is 5.69 Å². The number of hydrogen-bond donors (Lipinski definition) is 2. The second kappa shape index (κ2) is 8.25. The molecule has 0 unspecified atom stereocenters. The number of carbonyl (C=O) groups excluding carboxylic acids is 2. The van der Waals surface area contributed by atoms with Gasteiger partial charge < -0.3 is 24.8 Å². The van der Waals surface area contributed by atoms with Crippen molar-refractivity contribution < 1.29 is 33.9 Å². The zero-order valence-corrected chi connectivity index (χ0v) is 16.1. The predicted molar refractivity (Wildman–Crippen MR) is 105 cm³/mol. The second-order valence-electron chi connectivity index (χ2n) is 6.12. The molecule has 156 valence electrons. The van der Waals surface area contributed by atoms with Crippen molar-refractivity contribution in [2.75, 3.05) is 30.4 Å². The van der Waals surface area contributed by atoms with Gasteiger partial charge in [-0.25, -0.2) is 9.59 Å². The van der Waals surface area contributed by atoms with Crippen molar-refractivity contribution in [2.24, 2.45) is 0 Å². The molecule has 1 aliphatic rings. The standard InChI is InChI=1S/C18H14ClN3O8/c1-29-14-6-12(11(19)5-10(14)18(25)26)20-16(23)7-21-8-17(24)30-15-4-9(22(27)28)2-3-13(15)21/h2-6H,7-8H2,1H3,(H,20,23)(H,25,26). The number of nitro benzene ring substituents is 1. The number of benzene rings is 2. The number of amides is 1. The Morgan fingerprint density at radius 3 is 2.73 bits per heavy atom. The molecule has 0 aromatic heterocycles. The van der Waals surface area contributed by atoms with E-state index in [1.165, 1.54) is 30.2 Å². The van der Waals surface area contributed by atoms with Crippen molar-refractivity contribution >= 4 is 46.5 Å². The van der Waals surface area contributed by atoms with E-state index in [1.807, 2.05) is 0 Å². The van der Waals surface area contributed by atoms with Crippen LogP contribution in [0.2, 0.25) is 5.02 Å².